The van der Waals surface area contributed by atoms with Crippen molar-refractivity contribution >= 4 is 5.78 Å². The first-order valence-corrected chi connectivity index (χ1v) is 13.8. The van der Waals surface area contributed by atoms with E-state index in [-0.39, 0.29) is 42.2 Å². The lowest BCUT2D eigenvalue weighted by atomic mass is 9.82. The van der Waals surface area contributed by atoms with Crippen LogP contribution >= 0.6 is 0 Å². The molecule has 34 heavy (non-hydrogen) atoms. The Labute approximate surface area is 207 Å². The van der Waals surface area contributed by atoms with E-state index >= 15 is 0 Å². The van der Waals surface area contributed by atoms with E-state index in [4.69, 9.17) is 14.7 Å². The number of hydrogen-bond acceptors (Lipinski definition) is 6. The lowest BCUT2D eigenvalue weighted by Gasteiger charge is -2.31. The number of hydrogen-bond donors (Lipinski definition) is 2. The Bertz CT molecular complexity index is 583. The predicted molar refractivity (Wildman–Crippen MR) is 134 cm³/mol. The van der Waals surface area contributed by atoms with Crippen molar-refractivity contribution in [3.05, 3.63) is 12.2 Å². The lowest BCUT2D eigenvalue weighted by molar-refractivity contribution is -0.289. The highest BCUT2D eigenvalue weighted by molar-refractivity contribution is 5.84. The van der Waals surface area contributed by atoms with E-state index in [1.807, 2.05) is 13.8 Å². The molecule has 0 bridgehead atoms. The molecule has 0 aromatic rings. The minimum Gasteiger partial charge on any atom is -0.396 e. The fourth-order valence-corrected chi connectivity index (χ4v) is 5.67. The molecule has 6 nitrogen and oxygen atoms in total. The minimum atomic E-state index is -0.500. The van der Waals surface area contributed by atoms with Crippen LogP contribution in [0.2, 0.25) is 0 Å². The first-order chi connectivity index (χ1) is 16.5. The maximum Gasteiger partial charge on any atom is 0.168 e. The van der Waals surface area contributed by atoms with Crippen LogP contribution in [-0.4, -0.2) is 47.9 Å². The lowest BCUT2D eigenvalue weighted by Crippen LogP contribution is -2.32. The molecule has 2 N–H and O–H groups in total. The fraction of sp³-hybridized carbons (Fsp3) is 0.893. The van der Waals surface area contributed by atoms with E-state index in [0.29, 0.717) is 19.6 Å². The van der Waals surface area contributed by atoms with Crippen LogP contribution in [-0.2, 0) is 19.2 Å². The number of carbonyl (C=O) groups is 1. The van der Waals surface area contributed by atoms with Crippen LogP contribution in [0.3, 0.4) is 0 Å². The Balaban J connectivity index is 1.85. The van der Waals surface area contributed by atoms with Gasteiger partial charge in [-0.15, -0.1) is 0 Å². The summed E-state index contributed by atoms with van der Waals surface area (Å²) in [4.78, 5) is 17.3. The van der Waals surface area contributed by atoms with Crippen molar-refractivity contribution in [2.45, 2.75) is 116 Å². The largest absolute Gasteiger partial charge is 0.396 e. The summed E-state index contributed by atoms with van der Waals surface area (Å²) in [6.45, 7) is 7.67. The zero-order chi connectivity index (χ0) is 24.8. The summed E-state index contributed by atoms with van der Waals surface area (Å²) in [5, 5.41) is 18.9. The second kappa shape index (κ2) is 16.1. The predicted octanol–water partition coefficient (Wildman–Crippen LogP) is 6.31. The smallest absolute Gasteiger partial charge is 0.168 e. The molecule has 1 saturated heterocycles. The van der Waals surface area contributed by atoms with Crippen molar-refractivity contribution in [3.8, 4) is 0 Å². The summed E-state index contributed by atoms with van der Waals surface area (Å²) < 4.78 is 12.2. The van der Waals surface area contributed by atoms with E-state index in [1.54, 1.807) is 0 Å². The molecular weight excluding hydrogens is 432 g/mol. The van der Waals surface area contributed by atoms with Crippen molar-refractivity contribution in [1.82, 2.24) is 0 Å². The zero-order valence-corrected chi connectivity index (χ0v) is 21.9. The van der Waals surface area contributed by atoms with Crippen molar-refractivity contribution in [2.24, 2.45) is 23.7 Å². The van der Waals surface area contributed by atoms with Gasteiger partial charge in [-0.05, 0) is 56.3 Å². The molecule has 0 radical (unpaired) electrons. The number of Topliss-reactive ketones (excluding diaryl/α,β-unsaturated/α-hetero) is 1. The molecule has 2 aliphatic rings. The van der Waals surface area contributed by atoms with Crippen LogP contribution in [0, 0.1) is 23.7 Å². The van der Waals surface area contributed by atoms with Gasteiger partial charge in [0.05, 0.1) is 19.3 Å². The van der Waals surface area contributed by atoms with Gasteiger partial charge in [-0.3, -0.25) is 10.1 Å². The number of rotatable bonds is 18. The van der Waals surface area contributed by atoms with Crippen LogP contribution in [0.5, 0.6) is 0 Å². The molecule has 198 valence electrons. The molecule has 0 spiro atoms. The molecule has 2 rings (SSSR count). The summed E-state index contributed by atoms with van der Waals surface area (Å²) in [6.07, 6.45) is 16.7. The van der Waals surface area contributed by atoms with Crippen molar-refractivity contribution in [3.63, 3.8) is 0 Å². The number of aliphatic hydroxyl groups excluding tert-OH is 1. The molecule has 0 aromatic carbocycles. The molecule has 0 aromatic heterocycles. The van der Waals surface area contributed by atoms with Crippen molar-refractivity contribution in [1.29, 1.82) is 0 Å². The normalized spacial score (nSPS) is 25.7. The molecular formula is C28H50O6. The molecule has 1 saturated carbocycles. The molecule has 1 aliphatic heterocycles. The maximum absolute atomic E-state index is 12.8. The highest BCUT2D eigenvalue weighted by Crippen LogP contribution is 2.42. The third kappa shape index (κ3) is 9.34. The fourth-order valence-electron chi connectivity index (χ4n) is 5.67. The maximum atomic E-state index is 12.8. The third-order valence-corrected chi connectivity index (χ3v) is 7.86. The topological polar surface area (TPSA) is 85.2 Å². The van der Waals surface area contributed by atoms with Gasteiger partial charge in [-0.25, -0.2) is 4.89 Å². The summed E-state index contributed by atoms with van der Waals surface area (Å²) in [5.74, 6) is 0.265. The van der Waals surface area contributed by atoms with Crippen LogP contribution < -0.4 is 0 Å². The SMILES string of the molecule is CCCCCCCC1(CC[C@H]2[C@H](CO)CC(=O)[C@@H]2CC=CCCCC(OO)C(C)C)OCCO1. The summed E-state index contributed by atoms with van der Waals surface area (Å²) >= 11 is 0. The van der Waals surface area contributed by atoms with Crippen molar-refractivity contribution < 1.29 is 29.5 Å². The monoisotopic (exact) mass is 482 g/mol. The van der Waals surface area contributed by atoms with Gasteiger partial charge in [-0.2, -0.15) is 0 Å². The number of ether oxygens (including phenoxy) is 2. The summed E-state index contributed by atoms with van der Waals surface area (Å²) in [7, 11) is 0. The van der Waals surface area contributed by atoms with Gasteiger partial charge in [0.15, 0.2) is 5.79 Å². The van der Waals surface area contributed by atoms with Gasteiger partial charge in [0.2, 0.25) is 0 Å². The molecule has 1 heterocycles. The van der Waals surface area contributed by atoms with E-state index in [1.165, 1.54) is 25.7 Å². The Morgan fingerprint density at radius 3 is 2.47 bits per heavy atom. The van der Waals surface area contributed by atoms with Gasteiger partial charge in [0, 0.05) is 31.8 Å². The van der Waals surface area contributed by atoms with Gasteiger partial charge >= 0.3 is 0 Å². The number of allylic oxidation sites excluding steroid dienone is 2. The molecule has 1 unspecified atom stereocenters. The van der Waals surface area contributed by atoms with E-state index in [0.717, 1.165) is 51.4 Å². The number of aliphatic hydroxyl groups is 1. The van der Waals surface area contributed by atoms with Crippen LogP contribution in [0.25, 0.3) is 0 Å². The second-order valence-electron chi connectivity index (χ2n) is 10.7. The Morgan fingerprint density at radius 1 is 1.09 bits per heavy atom. The zero-order valence-electron chi connectivity index (χ0n) is 21.9. The van der Waals surface area contributed by atoms with Crippen LogP contribution in [0.4, 0.5) is 0 Å². The Hall–Kier alpha value is -0.790. The summed E-state index contributed by atoms with van der Waals surface area (Å²) in [5.41, 5.74) is 0. The molecule has 4 atom stereocenters. The quantitative estimate of drug-likeness (QED) is 0.103. The highest BCUT2D eigenvalue weighted by atomic mass is 17.1. The van der Waals surface area contributed by atoms with Gasteiger partial charge in [0.1, 0.15) is 5.78 Å². The van der Waals surface area contributed by atoms with Crippen LogP contribution in [0.15, 0.2) is 12.2 Å². The minimum absolute atomic E-state index is 0.0272. The summed E-state index contributed by atoms with van der Waals surface area (Å²) in [6, 6.07) is 0. The average Bonchev–Trinajstić information content (AvgIpc) is 3.41. The van der Waals surface area contributed by atoms with Gasteiger partial charge in [-0.1, -0.05) is 58.6 Å². The van der Waals surface area contributed by atoms with Gasteiger partial charge in [0.25, 0.3) is 0 Å². The molecule has 1 aliphatic carbocycles. The molecule has 2 fully saturated rings. The van der Waals surface area contributed by atoms with Gasteiger partial charge < -0.3 is 14.6 Å². The van der Waals surface area contributed by atoms with Crippen molar-refractivity contribution in [2.75, 3.05) is 19.8 Å². The molecule has 6 heteroatoms. The van der Waals surface area contributed by atoms with E-state index in [2.05, 4.69) is 24.0 Å². The standard InChI is InChI=1S/C28H50O6/c1-4-5-6-9-12-16-28(32-18-19-33-28)17-15-24-23(21-29)20-26(30)25(24)13-10-7-8-11-14-27(34-31)22(2)3/h7,10,22-25,27,29,31H,4-6,8-9,11-21H2,1-3H3/t23-,24-,25+,27?/m0/s1. The number of ketones is 1. The molecule has 0 amide bonds. The number of unbranched alkanes of at least 4 members (excludes halogenated alkanes) is 5. The Morgan fingerprint density at radius 2 is 1.82 bits per heavy atom. The Kier molecular flexibility index (Phi) is 13.9. The second-order valence-corrected chi connectivity index (χ2v) is 10.7. The van der Waals surface area contributed by atoms with E-state index in [9.17, 15) is 9.90 Å². The van der Waals surface area contributed by atoms with E-state index < -0.39 is 5.79 Å². The third-order valence-electron chi connectivity index (χ3n) is 7.86. The highest BCUT2D eigenvalue weighted by Gasteiger charge is 2.44. The number of carbonyl (C=O) groups excluding carboxylic acids is 1. The first-order valence-electron chi connectivity index (χ1n) is 13.8. The van der Waals surface area contributed by atoms with Crippen LogP contribution in [0.1, 0.15) is 104 Å². The first kappa shape index (κ1) is 29.4. The average molecular weight is 483 g/mol.